The highest BCUT2D eigenvalue weighted by Crippen LogP contribution is 2.23. The van der Waals surface area contributed by atoms with E-state index < -0.39 is 23.4 Å². The Morgan fingerprint density at radius 1 is 0.864 bits per heavy atom. The molecule has 0 atom stereocenters. The fourth-order valence-corrected chi connectivity index (χ4v) is 1.75. The normalized spacial score (nSPS) is 11.8. The van der Waals surface area contributed by atoms with Gasteiger partial charge in [-0.15, -0.1) is 0 Å². The minimum atomic E-state index is -0.774. The first-order chi connectivity index (χ1) is 9.89. The summed E-state index contributed by atoms with van der Waals surface area (Å²) in [4.78, 5) is 25.6. The molecule has 0 unspecified atom stereocenters. The zero-order valence-corrected chi connectivity index (χ0v) is 15.4. The lowest BCUT2D eigenvalue weighted by atomic mass is 10.2. The fraction of sp³-hybridized carbons (Fsp3) is 0.500. The number of rotatable bonds is 1. The van der Waals surface area contributed by atoms with Crippen molar-refractivity contribution in [1.29, 1.82) is 0 Å². The zero-order valence-electron chi connectivity index (χ0n) is 13.8. The molecule has 0 heterocycles. The summed E-state index contributed by atoms with van der Waals surface area (Å²) in [6.07, 6.45) is -1.55. The number of halogens is 1. The van der Waals surface area contributed by atoms with Gasteiger partial charge in [-0.05, 0) is 65.8 Å². The first-order valence-electron chi connectivity index (χ1n) is 6.91. The number of carbonyl (C=O) groups is 2. The van der Waals surface area contributed by atoms with Gasteiger partial charge in [0.2, 0.25) is 0 Å². The van der Waals surface area contributed by atoms with Crippen molar-refractivity contribution in [1.82, 2.24) is 0 Å². The maximum Gasteiger partial charge on any atom is 0.424 e. The Balaban J connectivity index is 3.12. The van der Waals surface area contributed by atoms with Crippen LogP contribution in [0, 0.1) is 0 Å². The Morgan fingerprint density at radius 2 is 1.23 bits per heavy atom. The number of hydrogen-bond acceptors (Lipinski definition) is 4. The minimum Gasteiger partial charge on any atom is -0.443 e. The van der Waals surface area contributed by atoms with Crippen molar-refractivity contribution in [3.63, 3.8) is 0 Å². The predicted octanol–water partition coefficient (Wildman–Crippen LogP) is 5.13. The SMILES string of the molecule is CC(C)(C)OC(=O)N(C(=O)OC(C)(C)C)c1ccc(Br)cc1. The lowest BCUT2D eigenvalue weighted by molar-refractivity contribution is 0.0431. The van der Waals surface area contributed by atoms with Gasteiger partial charge in [0, 0.05) is 4.47 Å². The molecule has 1 rings (SSSR count). The maximum atomic E-state index is 12.4. The second-order valence-electron chi connectivity index (χ2n) is 6.77. The molecule has 0 fully saturated rings. The van der Waals surface area contributed by atoms with Gasteiger partial charge in [-0.1, -0.05) is 15.9 Å². The van der Waals surface area contributed by atoms with Gasteiger partial charge < -0.3 is 9.47 Å². The van der Waals surface area contributed by atoms with Crippen molar-refractivity contribution in [3.8, 4) is 0 Å². The molecule has 0 radical (unpaired) electrons. The van der Waals surface area contributed by atoms with E-state index in [1.54, 1.807) is 65.8 Å². The molecule has 0 aliphatic carbocycles. The molecule has 22 heavy (non-hydrogen) atoms. The smallest absolute Gasteiger partial charge is 0.424 e. The van der Waals surface area contributed by atoms with Gasteiger partial charge in [0.1, 0.15) is 11.2 Å². The Labute approximate surface area is 139 Å². The van der Waals surface area contributed by atoms with Crippen LogP contribution in [0.4, 0.5) is 15.3 Å². The summed E-state index contributed by atoms with van der Waals surface area (Å²) < 4.78 is 11.4. The third-order valence-electron chi connectivity index (χ3n) is 2.24. The summed E-state index contributed by atoms with van der Waals surface area (Å²) in [7, 11) is 0. The summed E-state index contributed by atoms with van der Waals surface area (Å²) in [5.41, 5.74) is -1.05. The molecule has 6 heteroatoms. The number of imide groups is 1. The van der Waals surface area contributed by atoms with Gasteiger partial charge in [-0.3, -0.25) is 0 Å². The van der Waals surface area contributed by atoms with Crippen molar-refractivity contribution in [2.75, 3.05) is 4.90 Å². The Hall–Kier alpha value is -1.56. The van der Waals surface area contributed by atoms with Crippen molar-refractivity contribution >= 4 is 33.8 Å². The maximum absolute atomic E-state index is 12.4. The molecule has 122 valence electrons. The fourth-order valence-electron chi connectivity index (χ4n) is 1.49. The second kappa shape index (κ2) is 6.69. The predicted molar refractivity (Wildman–Crippen MR) is 89.1 cm³/mol. The number of hydrogen-bond donors (Lipinski definition) is 0. The van der Waals surface area contributed by atoms with E-state index >= 15 is 0 Å². The molecular formula is C16H22BrNO4. The van der Waals surface area contributed by atoms with Crippen LogP contribution in [-0.4, -0.2) is 23.4 Å². The first kappa shape index (κ1) is 18.5. The lowest BCUT2D eigenvalue weighted by Crippen LogP contribution is -2.43. The molecule has 1 aromatic rings. The van der Waals surface area contributed by atoms with Crippen LogP contribution in [0.2, 0.25) is 0 Å². The molecule has 0 saturated heterocycles. The van der Waals surface area contributed by atoms with Gasteiger partial charge in [-0.25, -0.2) is 9.59 Å². The molecule has 0 aromatic heterocycles. The standard InChI is InChI=1S/C16H22BrNO4/c1-15(2,3)21-13(19)18(14(20)22-16(4,5)6)12-9-7-11(17)8-10-12/h7-10H,1-6H3. The van der Waals surface area contributed by atoms with Crippen LogP contribution in [0.1, 0.15) is 41.5 Å². The molecule has 1 aromatic carbocycles. The average molecular weight is 372 g/mol. The highest BCUT2D eigenvalue weighted by atomic mass is 79.9. The summed E-state index contributed by atoms with van der Waals surface area (Å²) in [5.74, 6) is 0. The number of ether oxygens (including phenoxy) is 2. The molecule has 2 amide bonds. The van der Waals surface area contributed by atoms with E-state index in [1.165, 1.54) is 0 Å². The molecule has 0 N–H and O–H groups in total. The molecule has 0 aliphatic heterocycles. The van der Waals surface area contributed by atoms with Crippen molar-refractivity contribution in [2.45, 2.75) is 52.7 Å². The van der Waals surface area contributed by atoms with Crippen molar-refractivity contribution in [2.24, 2.45) is 0 Å². The van der Waals surface area contributed by atoms with E-state index in [2.05, 4.69) is 15.9 Å². The molecule has 0 bridgehead atoms. The van der Waals surface area contributed by atoms with Crippen molar-refractivity contribution < 1.29 is 19.1 Å². The number of amides is 2. The van der Waals surface area contributed by atoms with Crippen LogP contribution in [-0.2, 0) is 9.47 Å². The van der Waals surface area contributed by atoms with Crippen LogP contribution in [0.25, 0.3) is 0 Å². The topological polar surface area (TPSA) is 55.8 Å². The largest absolute Gasteiger partial charge is 0.443 e. The first-order valence-corrected chi connectivity index (χ1v) is 7.70. The van der Waals surface area contributed by atoms with E-state index in [4.69, 9.17) is 9.47 Å². The average Bonchev–Trinajstić information content (AvgIpc) is 2.27. The monoisotopic (exact) mass is 371 g/mol. The third kappa shape index (κ3) is 6.05. The Bertz CT molecular complexity index is 513. The molecule has 0 spiro atoms. The quantitative estimate of drug-likeness (QED) is 0.686. The van der Waals surface area contributed by atoms with Crippen LogP contribution in [0.15, 0.2) is 28.7 Å². The van der Waals surface area contributed by atoms with Gasteiger partial charge >= 0.3 is 12.2 Å². The Kier molecular flexibility index (Phi) is 5.62. The third-order valence-corrected chi connectivity index (χ3v) is 2.77. The number of benzene rings is 1. The van der Waals surface area contributed by atoms with E-state index in [1.807, 2.05) is 0 Å². The highest BCUT2D eigenvalue weighted by Gasteiger charge is 2.32. The Morgan fingerprint density at radius 3 is 1.55 bits per heavy atom. The molecule has 0 saturated carbocycles. The molecular weight excluding hydrogens is 350 g/mol. The highest BCUT2D eigenvalue weighted by molar-refractivity contribution is 9.10. The van der Waals surface area contributed by atoms with E-state index in [-0.39, 0.29) is 0 Å². The van der Waals surface area contributed by atoms with E-state index in [0.717, 1.165) is 9.37 Å². The van der Waals surface area contributed by atoms with Gasteiger partial charge in [0.05, 0.1) is 5.69 Å². The second-order valence-corrected chi connectivity index (χ2v) is 7.69. The molecule has 0 aliphatic rings. The van der Waals surface area contributed by atoms with Crippen LogP contribution in [0.3, 0.4) is 0 Å². The van der Waals surface area contributed by atoms with Gasteiger partial charge in [0.15, 0.2) is 0 Å². The van der Waals surface area contributed by atoms with Crippen LogP contribution < -0.4 is 4.90 Å². The zero-order chi connectivity index (χ0) is 17.1. The van der Waals surface area contributed by atoms with Crippen LogP contribution in [0.5, 0.6) is 0 Å². The number of carbonyl (C=O) groups excluding carboxylic acids is 2. The van der Waals surface area contributed by atoms with E-state index in [0.29, 0.717) is 5.69 Å². The minimum absolute atomic E-state index is 0.381. The van der Waals surface area contributed by atoms with E-state index in [9.17, 15) is 9.59 Å². The number of nitrogens with zero attached hydrogens (tertiary/aromatic N) is 1. The summed E-state index contributed by atoms with van der Waals surface area (Å²) in [6, 6.07) is 6.74. The van der Waals surface area contributed by atoms with Crippen LogP contribution >= 0.6 is 15.9 Å². The lowest BCUT2D eigenvalue weighted by Gasteiger charge is -2.28. The van der Waals surface area contributed by atoms with Gasteiger partial charge in [-0.2, -0.15) is 4.90 Å². The van der Waals surface area contributed by atoms with Gasteiger partial charge in [0.25, 0.3) is 0 Å². The van der Waals surface area contributed by atoms with Crippen molar-refractivity contribution in [3.05, 3.63) is 28.7 Å². The summed E-state index contributed by atoms with van der Waals surface area (Å²) >= 11 is 3.32. The summed E-state index contributed by atoms with van der Waals surface area (Å²) in [5, 5.41) is 0. The molecule has 5 nitrogen and oxygen atoms in total. The summed E-state index contributed by atoms with van der Waals surface area (Å²) in [6.45, 7) is 10.4. The number of anilines is 1.